The quantitative estimate of drug-likeness (QED) is 0.312. The van der Waals surface area contributed by atoms with E-state index in [0.717, 1.165) is 44.6 Å². The highest BCUT2D eigenvalue weighted by Gasteiger charge is 2.20. The molecule has 0 saturated carbocycles. The van der Waals surface area contributed by atoms with Crippen LogP contribution in [0.15, 0.2) is 76.1 Å². The molecule has 6 rings (SSSR count). The molecule has 5 nitrogen and oxygen atoms in total. The van der Waals surface area contributed by atoms with Gasteiger partial charge in [-0.3, -0.25) is 0 Å². The fourth-order valence-corrected chi connectivity index (χ4v) is 4.69. The first kappa shape index (κ1) is 19.0. The summed E-state index contributed by atoms with van der Waals surface area (Å²) in [6.07, 6.45) is 2.54. The minimum atomic E-state index is -0.412. The van der Waals surface area contributed by atoms with Crippen LogP contribution < -0.4 is 5.63 Å². The standard InChI is InChI=1S/C26H18ClN3O2/c1-2-15-9-10-21-19(12-15)22-18-7-5-11-28-25(18)32-26(31)23(22)30(21)14-17-13-16-6-3-4-8-20(16)29-24(17)27/h3-13H,2,14H2,1H3. The summed E-state index contributed by atoms with van der Waals surface area (Å²) in [4.78, 5) is 22.0. The van der Waals surface area contributed by atoms with Gasteiger partial charge in [0.25, 0.3) is 0 Å². The number of aryl methyl sites for hydroxylation is 1. The zero-order chi connectivity index (χ0) is 21.8. The van der Waals surface area contributed by atoms with Gasteiger partial charge in [-0.2, -0.15) is 0 Å². The average molecular weight is 440 g/mol. The van der Waals surface area contributed by atoms with Crippen molar-refractivity contribution in [1.82, 2.24) is 14.5 Å². The highest BCUT2D eigenvalue weighted by molar-refractivity contribution is 6.30. The van der Waals surface area contributed by atoms with Crippen LogP contribution in [0.2, 0.25) is 5.15 Å². The Labute approximate surface area is 187 Å². The van der Waals surface area contributed by atoms with Crippen molar-refractivity contribution in [3.63, 3.8) is 0 Å². The predicted octanol–water partition coefficient (Wildman–Crippen LogP) is 6.11. The van der Waals surface area contributed by atoms with Gasteiger partial charge in [0.05, 0.1) is 12.1 Å². The molecule has 6 heteroatoms. The van der Waals surface area contributed by atoms with Crippen molar-refractivity contribution in [3.05, 3.63) is 93.6 Å². The molecule has 0 saturated heterocycles. The monoisotopic (exact) mass is 439 g/mol. The number of hydrogen-bond acceptors (Lipinski definition) is 4. The van der Waals surface area contributed by atoms with Crippen molar-refractivity contribution >= 4 is 55.4 Å². The molecule has 0 aliphatic rings. The number of nitrogens with zero attached hydrogens (tertiary/aromatic N) is 3. The van der Waals surface area contributed by atoms with E-state index in [0.29, 0.717) is 22.9 Å². The van der Waals surface area contributed by atoms with Gasteiger partial charge < -0.3 is 8.98 Å². The largest absolute Gasteiger partial charge is 0.402 e. The molecule has 32 heavy (non-hydrogen) atoms. The lowest BCUT2D eigenvalue weighted by atomic mass is 10.1. The first-order valence-electron chi connectivity index (χ1n) is 10.5. The third kappa shape index (κ3) is 2.82. The number of aromatic nitrogens is 3. The van der Waals surface area contributed by atoms with Crippen molar-refractivity contribution in [2.45, 2.75) is 19.9 Å². The summed E-state index contributed by atoms with van der Waals surface area (Å²) in [5.74, 6) is 0. The number of benzene rings is 2. The summed E-state index contributed by atoms with van der Waals surface area (Å²) in [6.45, 7) is 2.52. The van der Waals surface area contributed by atoms with Crippen LogP contribution in [0.25, 0.3) is 43.8 Å². The third-order valence-electron chi connectivity index (χ3n) is 6.04. The van der Waals surface area contributed by atoms with E-state index in [1.54, 1.807) is 6.20 Å². The first-order valence-corrected chi connectivity index (χ1v) is 10.9. The minimum Gasteiger partial charge on any atom is -0.402 e. The Morgan fingerprint density at radius 1 is 1.03 bits per heavy atom. The Kier molecular flexibility index (Phi) is 4.26. The first-order chi connectivity index (χ1) is 15.6. The highest BCUT2D eigenvalue weighted by Crippen LogP contribution is 2.34. The molecule has 4 heterocycles. The smallest absolute Gasteiger partial charge is 0.362 e. The fraction of sp³-hybridized carbons (Fsp3) is 0.115. The molecule has 0 bridgehead atoms. The molecule has 0 fully saturated rings. The molecule has 0 N–H and O–H groups in total. The van der Waals surface area contributed by atoms with Gasteiger partial charge in [-0.05, 0) is 48.4 Å². The topological polar surface area (TPSA) is 60.9 Å². The van der Waals surface area contributed by atoms with Gasteiger partial charge in [-0.25, -0.2) is 14.8 Å². The van der Waals surface area contributed by atoms with Gasteiger partial charge in [0.1, 0.15) is 10.7 Å². The molecule has 0 spiro atoms. The summed E-state index contributed by atoms with van der Waals surface area (Å²) in [5.41, 5.74) is 4.28. The van der Waals surface area contributed by atoms with Crippen LogP contribution in [0.1, 0.15) is 18.1 Å². The molecule has 0 aliphatic carbocycles. The Morgan fingerprint density at radius 3 is 2.78 bits per heavy atom. The van der Waals surface area contributed by atoms with Gasteiger partial charge in [-0.15, -0.1) is 0 Å². The van der Waals surface area contributed by atoms with Crippen LogP contribution in [0.5, 0.6) is 0 Å². The zero-order valence-electron chi connectivity index (χ0n) is 17.3. The maximum Gasteiger partial charge on any atom is 0.362 e. The van der Waals surface area contributed by atoms with Crippen LogP contribution in [-0.4, -0.2) is 14.5 Å². The number of rotatable bonds is 3. The molecule has 0 amide bonds. The number of para-hydroxylation sites is 1. The Morgan fingerprint density at radius 2 is 1.91 bits per heavy atom. The van der Waals surface area contributed by atoms with Crippen molar-refractivity contribution in [1.29, 1.82) is 0 Å². The van der Waals surface area contributed by atoms with E-state index >= 15 is 0 Å². The van der Waals surface area contributed by atoms with E-state index in [1.165, 1.54) is 5.56 Å². The number of hydrogen-bond donors (Lipinski definition) is 0. The Hall–Kier alpha value is -3.70. The van der Waals surface area contributed by atoms with Gasteiger partial charge in [0.15, 0.2) is 0 Å². The van der Waals surface area contributed by atoms with Crippen molar-refractivity contribution in [3.8, 4) is 0 Å². The summed E-state index contributed by atoms with van der Waals surface area (Å²) in [5, 5.41) is 4.12. The van der Waals surface area contributed by atoms with Crippen molar-refractivity contribution < 1.29 is 4.42 Å². The van der Waals surface area contributed by atoms with E-state index in [4.69, 9.17) is 16.0 Å². The predicted molar refractivity (Wildman–Crippen MR) is 129 cm³/mol. The second-order valence-electron chi connectivity index (χ2n) is 7.89. The van der Waals surface area contributed by atoms with E-state index < -0.39 is 5.63 Å². The molecule has 0 aliphatic heterocycles. The number of halogens is 1. The van der Waals surface area contributed by atoms with Crippen LogP contribution in [-0.2, 0) is 13.0 Å². The molecule has 2 aromatic carbocycles. The normalized spacial score (nSPS) is 11.8. The molecule has 6 aromatic rings. The molecule has 0 atom stereocenters. The fourth-order valence-electron chi connectivity index (χ4n) is 4.49. The Balaban J connectivity index is 1.70. The van der Waals surface area contributed by atoms with Gasteiger partial charge in [-0.1, -0.05) is 42.8 Å². The van der Waals surface area contributed by atoms with Crippen LogP contribution >= 0.6 is 11.6 Å². The summed E-state index contributed by atoms with van der Waals surface area (Å²) >= 11 is 6.57. The van der Waals surface area contributed by atoms with E-state index in [-0.39, 0.29) is 0 Å². The van der Waals surface area contributed by atoms with Crippen LogP contribution in [0.4, 0.5) is 0 Å². The highest BCUT2D eigenvalue weighted by atomic mass is 35.5. The van der Waals surface area contributed by atoms with Gasteiger partial charge in [0, 0.05) is 38.8 Å². The maximum atomic E-state index is 13.1. The van der Waals surface area contributed by atoms with Gasteiger partial charge in [0.2, 0.25) is 5.71 Å². The minimum absolute atomic E-state index is 0.344. The average Bonchev–Trinajstić information content (AvgIpc) is 3.14. The summed E-state index contributed by atoms with van der Waals surface area (Å²) < 4.78 is 7.59. The molecule has 4 aromatic heterocycles. The Bertz CT molecular complexity index is 1730. The van der Waals surface area contributed by atoms with E-state index in [2.05, 4.69) is 35.1 Å². The van der Waals surface area contributed by atoms with Crippen molar-refractivity contribution in [2.75, 3.05) is 0 Å². The second-order valence-corrected chi connectivity index (χ2v) is 8.25. The molecule has 0 radical (unpaired) electrons. The lowest BCUT2D eigenvalue weighted by Gasteiger charge is -2.10. The lowest BCUT2D eigenvalue weighted by molar-refractivity contribution is 0.553. The molecular formula is C26H18ClN3O2. The van der Waals surface area contributed by atoms with Crippen LogP contribution in [0.3, 0.4) is 0 Å². The number of pyridine rings is 2. The zero-order valence-corrected chi connectivity index (χ0v) is 18.1. The molecule has 156 valence electrons. The second kappa shape index (κ2) is 7.18. The SMILES string of the molecule is CCc1ccc2c(c1)c1c3cccnc3oc(=O)c1n2Cc1cc2ccccc2nc1Cl. The summed E-state index contributed by atoms with van der Waals surface area (Å²) in [7, 11) is 0. The maximum absolute atomic E-state index is 13.1. The van der Waals surface area contributed by atoms with Crippen LogP contribution in [0, 0.1) is 0 Å². The molecular weight excluding hydrogens is 422 g/mol. The van der Waals surface area contributed by atoms with Gasteiger partial charge >= 0.3 is 5.63 Å². The lowest BCUT2D eigenvalue weighted by Crippen LogP contribution is -2.09. The molecule has 0 unspecified atom stereocenters. The van der Waals surface area contributed by atoms with Crippen molar-refractivity contribution in [2.24, 2.45) is 0 Å². The third-order valence-corrected chi connectivity index (χ3v) is 6.37. The van der Waals surface area contributed by atoms with E-state index in [1.807, 2.05) is 47.0 Å². The number of fused-ring (bicyclic) bond motifs is 6. The summed E-state index contributed by atoms with van der Waals surface area (Å²) in [6, 6.07) is 20.0. The van der Waals surface area contributed by atoms with E-state index in [9.17, 15) is 4.79 Å².